The third-order valence-corrected chi connectivity index (χ3v) is 4.30. The number of nitrogens with two attached hydrogens (primary N) is 1. The Bertz CT molecular complexity index is 1030. The number of anilines is 1. The van der Waals surface area contributed by atoms with Crippen molar-refractivity contribution >= 4 is 11.6 Å². The number of aromatic nitrogens is 2. The molecule has 0 fully saturated rings. The molecule has 1 aliphatic heterocycles. The Morgan fingerprint density at radius 1 is 1.20 bits per heavy atom. The van der Waals surface area contributed by atoms with Crippen molar-refractivity contribution in [3.8, 4) is 22.9 Å². The summed E-state index contributed by atoms with van der Waals surface area (Å²) in [7, 11) is 0. The molecule has 0 saturated carbocycles. The van der Waals surface area contributed by atoms with Crippen LogP contribution < -0.4 is 11.1 Å². The van der Waals surface area contributed by atoms with Crippen molar-refractivity contribution in [2.45, 2.75) is 6.42 Å². The molecular formula is C19H15N5O. The number of amides is 1. The van der Waals surface area contributed by atoms with Gasteiger partial charge in [0.15, 0.2) is 5.69 Å². The molecule has 0 atom stereocenters. The topological polar surface area (TPSA) is 96.7 Å². The number of benzene rings is 2. The van der Waals surface area contributed by atoms with Crippen LogP contribution in [0.2, 0.25) is 0 Å². The van der Waals surface area contributed by atoms with Gasteiger partial charge in [0.25, 0.3) is 5.91 Å². The van der Waals surface area contributed by atoms with Crippen LogP contribution in [0.15, 0.2) is 48.7 Å². The lowest BCUT2D eigenvalue weighted by Gasteiger charge is -2.16. The average Bonchev–Trinajstić information content (AvgIpc) is 3.06. The molecule has 2 aromatic carbocycles. The van der Waals surface area contributed by atoms with Crippen molar-refractivity contribution in [3.63, 3.8) is 0 Å². The van der Waals surface area contributed by atoms with Gasteiger partial charge in [-0.1, -0.05) is 18.2 Å². The minimum absolute atomic E-state index is 0.0521. The van der Waals surface area contributed by atoms with Crippen LogP contribution in [-0.4, -0.2) is 22.2 Å². The number of nitrogens with one attached hydrogen (secondary N) is 1. The van der Waals surface area contributed by atoms with Crippen LogP contribution in [0.4, 0.5) is 5.69 Å². The molecule has 25 heavy (non-hydrogen) atoms. The molecule has 1 aromatic heterocycles. The monoisotopic (exact) mass is 329 g/mol. The van der Waals surface area contributed by atoms with Crippen molar-refractivity contribution in [3.05, 3.63) is 65.5 Å². The highest BCUT2D eigenvalue weighted by molar-refractivity contribution is 5.97. The first-order chi connectivity index (χ1) is 12.2. The Balaban J connectivity index is 1.81. The average molecular weight is 329 g/mol. The smallest absolute Gasteiger partial charge is 0.251 e. The van der Waals surface area contributed by atoms with Gasteiger partial charge >= 0.3 is 0 Å². The van der Waals surface area contributed by atoms with Gasteiger partial charge in [-0.05, 0) is 41.8 Å². The maximum Gasteiger partial charge on any atom is 0.251 e. The van der Waals surface area contributed by atoms with Crippen LogP contribution in [-0.2, 0) is 6.42 Å². The maximum absolute atomic E-state index is 11.9. The second-order valence-electron chi connectivity index (χ2n) is 5.92. The van der Waals surface area contributed by atoms with Crippen LogP contribution >= 0.6 is 0 Å². The van der Waals surface area contributed by atoms with E-state index < -0.39 is 0 Å². The molecular weight excluding hydrogens is 314 g/mol. The summed E-state index contributed by atoms with van der Waals surface area (Å²) in [5.74, 6) is -0.0521. The van der Waals surface area contributed by atoms with E-state index in [1.165, 1.54) is 0 Å². The SMILES string of the molecule is N#Cc1nn(-c2cccc(N)c2)cc1-c1ccc2c(c1)CCNC2=O. The standard InChI is InChI=1S/C19H15N5O/c20-10-18-17(11-24(23-18)15-3-1-2-14(21)9-15)12-4-5-16-13(8-12)6-7-22-19(16)25/h1-5,8-9,11H,6-7,21H2,(H,22,25). The van der Waals surface area contributed by atoms with Crippen molar-refractivity contribution in [2.24, 2.45) is 0 Å². The highest BCUT2D eigenvalue weighted by Crippen LogP contribution is 2.28. The van der Waals surface area contributed by atoms with Gasteiger partial charge in [-0.2, -0.15) is 10.4 Å². The normalized spacial score (nSPS) is 13.0. The Morgan fingerprint density at radius 3 is 2.88 bits per heavy atom. The number of rotatable bonds is 2. The summed E-state index contributed by atoms with van der Waals surface area (Å²) in [6.45, 7) is 0.628. The molecule has 4 rings (SSSR count). The summed E-state index contributed by atoms with van der Waals surface area (Å²) < 4.78 is 1.65. The van der Waals surface area contributed by atoms with Gasteiger partial charge in [-0.3, -0.25) is 4.79 Å². The first-order valence-electron chi connectivity index (χ1n) is 7.93. The van der Waals surface area contributed by atoms with Gasteiger partial charge in [0, 0.05) is 29.6 Å². The first-order valence-corrected chi connectivity index (χ1v) is 7.93. The molecule has 122 valence electrons. The first kappa shape index (κ1) is 15.0. The summed E-state index contributed by atoms with van der Waals surface area (Å²) in [6.07, 6.45) is 2.60. The van der Waals surface area contributed by atoms with E-state index in [1.54, 1.807) is 22.9 Å². The van der Waals surface area contributed by atoms with Gasteiger partial charge in [-0.15, -0.1) is 0 Å². The largest absolute Gasteiger partial charge is 0.399 e. The van der Waals surface area contributed by atoms with Crippen LogP contribution in [0.3, 0.4) is 0 Å². The molecule has 0 aliphatic carbocycles. The van der Waals surface area contributed by atoms with E-state index in [-0.39, 0.29) is 5.91 Å². The van der Waals surface area contributed by atoms with Crippen molar-refractivity contribution in [1.82, 2.24) is 15.1 Å². The number of carbonyl (C=O) groups is 1. The zero-order valence-corrected chi connectivity index (χ0v) is 13.4. The molecule has 1 aliphatic rings. The molecule has 6 heteroatoms. The van der Waals surface area contributed by atoms with Gasteiger partial charge in [0.1, 0.15) is 6.07 Å². The molecule has 0 saturated heterocycles. The van der Waals surface area contributed by atoms with Crippen molar-refractivity contribution in [1.29, 1.82) is 5.26 Å². The van der Waals surface area contributed by atoms with E-state index in [0.29, 0.717) is 23.5 Å². The molecule has 3 N–H and O–H groups in total. The number of fused-ring (bicyclic) bond motifs is 1. The fourth-order valence-electron chi connectivity index (χ4n) is 3.06. The van der Waals surface area contributed by atoms with Crippen molar-refractivity contribution < 1.29 is 4.79 Å². The van der Waals surface area contributed by atoms with Crippen molar-refractivity contribution in [2.75, 3.05) is 12.3 Å². The minimum atomic E-state index is -0.0521. The lowest BCUT2D eigenvalue weighted by atomic mass is 9.95. The van der Waals surface area contributed by atoms with Gasteiger partial charge in [-0.25, -0.2) is 4.68 Å². The molecule has 0 spiro atoms. The fourth-order valence-corrected chi connectivity index (χ4v) is 3.06. The van der Waals surface area contributed by atoms with E-state index in [1.807, 2.05) is 30.5 Å². The number of hydrogen-bond acceptors (Lipinski definition) is 4. The van der Waals surface area contributed by atoms with Gasteiger partial charge in [0.2, 0.25) is 0 Å². The third-order valence-electron chi connectivity index (χ3n) is 4.30. The van der Waals surface area contributed by atoms with Crippen LogP contribution in [0.5, 0.6) is 0 Å². The molecule has 2 heterocycles. The highest BCUT2D eigenvalue weighted by atomic mass is 16.1. The number of carbonyl (C=O) groups excluding carboxylic acids is 1. The summed E-state index contributed by atoms with van der Waals surface area (Å²) in [5, 5.41) is 16.7. The fraction of sp³-hybridized carbons (Fsp3) is 0.105. The Hall–Kier alpha value is -3.59. The van der Waals surface area contributed by atoms with Crippen LogP contribution in [0.25, 0.3) is 16.8 Å². The second kappa shape index (κ2) is 5.80. The van der Waals surface area contributed by atoms with Gasteiger partial charge in [0.05, 0.1) is 5.69 Å². The van der Waals surface area contributed by atoms with E-state index in [0.717, 1.165) is 28.8 Å². The highest BCUT2D eigenvalue weighted by Gasteiger charge is 2.19. The molecule has 0 unspecified atom stereocenters. The quantitative estimate of drug-likeness (QED) is 0.705. The predicted octanol–water partition coefficient (Wildman–Crippen LogP) is 2.28. The Morgan fingerprint density at radius 2 is 2.08 bits per heavy atom. The maximum atomic E-state index is 11.9. The number of hydrogen-bond donors (Lipinski definition) is 2. The predicted molar refractivity (Wildman–Crippen MR) is 94.2 cm³/mol. The zero-order chi connectivity index (χ0) is 17.4. The molecule has 0 bridgehead atoms. The van der Waals surface area contributed by atoms with Gasteiger partial charge < -0.3 is 11.1 Å². The van der Waals surface area contributed by atoms with E-state index >= 15 is 0 Å². The summed E-state index contributed by atoms with van der Waals surface area (Å²) in [4.78, 5) is 11.9. The van der Waals surface area contributed by atoms with E-state index in [9.17, 15) is 10.1 Å². The number of nitrogen functional groups attached to an aromatic ring is 1. The summed E-state index contributed by atoms with van der Waals surface area (Å²) in [5.41, 5.74) is 10.9. The lowest BCUT2D eigenvalue weighted by Crippen LogP contribution is -2.31. The summed E-state index contributed by atoms with van der Waals surface area (Å²) in [6, 6.07) is 15.1. The minimum Gasteiger partial charge on any atom is -0.399 e. The third kappa shape index (κ3) is 2.62. The Labute approximate surface area is 144 Å². The van der Waals surface area contributed by atoms with E-state index in [2.05, 4.69) is 16.5 Å². The van der Waals surface area contributed by atoms with Crippen LogP contribution in [0.1, 0.15) is 21.6 Å². The summed E-state index contributed by atoms with van der Waals surface area (Å²) >= 11 is 0. The van der Waals surface area contributed by atoms with Crippen LogP contribution in [0, 0.1) is 11.3 Å². The second-order valence-corrected chi connectivity index (χ2v) is 5.92. The van der Waals surface area contributed by atoms with E-state index in [4.69, 9.17) is 5.73 Å². The zero-order valence-electron chi connectivity index (χ0n) is 13.4. The molecule has 6 nitrogen and oxygen atoms in total. The number of nitrogens with zero attached hydrogens (tertiary/aromatic N) is 3. The lowest BCUT2D eigenvalue weighted by molar-refractivity contribution is 0.0946. The molecule has 3 aromatic rings. The Kier molecular flexibility index (Phi) is 3.47. The molecule has 1 amide bonds. The molecule has 0 radical (unpaired) electrons. The number of nitriles is 1.